The van der Waals surface area contributed by atoms with E-state index in [1.165, 1.54) is 6.42 Å². The minimum absolute atomic E-state index is 0.534. The number of anilines is 1. The van der Waals surface area contributed by atoms with Crippen LogP contribution in [0.4, 0.5) is 5.95 Å². The summed E-state index contributed by atoms with van der Waals surface area (Å²) in [5.41, 5.74) is 0.930. The summed E-state index contributed by atoms with van der Waals surface area (Å²) < 4.78 is 0. The fraction of sp³-hybridized carbons (Fsp3) is 0.600. The smallest absolute Gasteiger partial charge is 0.226 e. The molecule has 3 nitrogen and oxygen atoms in total. The van der Waals surface area contributed by atoms with E-state index in [9.17, 15) is 0 Å². The highest BCUT2D eigenvalue weighted by atomic mass is 35.5. The maximum Gasteiger partial charge on any atom is 0.226 e. The van der Waals surface area contributed by atoms with Crippen molar-refractivity contribution < 1.29 is 0 Å². The fourth-order valence-corrected chi connectivity index (χ4v) is 2.01. The van der Waals surface area contributed by atoms with Crippen LogP contribution < -0.4 is 4.90 Å². The van der Waals surface area contributed by atoms with Crippen molar-refractivity contribution in [2.75, 3.05) is 18.0 Å². The summed E-state index contributed by atoms with van der Waals surface area (Å²) in [5.74, 6) is 1.51. The van der Waals surface area contributed by atoms with Crippen LogP contribution in [-0.4, -0.2) is 23.1 Å². The largest absolute Gasteiger partial charge is 0.340 e. The van der Waals surface area contributed by atoms with E-state index in [2.05, 4.69) is 21.8 Å². The molecule has 1 aliphatic rings. The summed E-state index contributed by atoms with van der Waals surface area (Å²) >= 11 is 5.89. The lowest BCUT2D eigenvalue weighted by Gasteiger charge is -2.15. The first-order chi connectivity index (χ1) is 6.65. The first-order valence-corrected chi connectivity index (χ1v) is 5.29. The number of rotatable bonds is 1. The van der Waals surface area contributed by atoms with E-state index in [0.29, 0.717) is 5.15 Å². The molecule has 0 aromatic carbocycles. The van der Waals surface area contributed by atoms with Crippen molar-refractivity contribution in [3.63, 3.8) is 0 Å². The zero-order valence-electron chi connectivity index (χ0n) is 8.50. The van der Waals surface area contributed by atoms with E-state index >= 15 is 0 Å². The molecule has 1 aromatic heterocycles. The standard InChI is InChI=1S/C10H14ClN3/c1-7-3-4-14(6-7)10-12-8(2)5-9(11)13-10/h5,7H,3-4,6H2,1-2H3. The number of halogens is 1. The molecule has 1 fully saturated rings. The molecule has 14 heavy (non-hydrogen) atoms. The van der Waals surface area contributed by atoms with Gasteiger partial charge >= 0.3 is 0 Å². The lowest BCUT2D eigenvalue weighted by molar-refractivity contribution is 0.658. The van der Waals surface area contributed by atoms with Crippen molar-refractivity contribution in [3.8, 4) is 0 Å². The molecule has 76 valence electrons. The highest BCUT2D eigenvalue weighted by Gasteiger charge is 2.21. The van der Waals surface area contributed by atoms with Crippen LogP contribution in [0.5, 0.6) is 0 Å². The number of nitrogens with zero attached hydrogens (tertiary/aromatic N) is 3. The Labute approximate surface area is 89.1 Å². The molecule has 0 N–H and O–H groups in total. The molecule has 0 spiro atoms. The molecule has 4 heteroatoms. The summed E-state index contributed by atoms with van der Waals surface area (Å²) in [6.07, 6.45) is 1.22. The molecule has 0 amide bonds. The van der Waals surface area contributed by atoms with Gasteiger partial charge in [-0.2, -0.15) is 0 Å². The molecule has 0 radical (unpaired) electrons. The Balaban J connectivity index is 2.23. The molecule has 1 saturated heterocycles. The second-order valence-electron chi connectivity index (χ2n) is 3.97. The monoisotopic (exact) mass is 211 g/mol. The Hall–Kier alpha value is -0.830. The van der Waals surface area contributed by atoms with Crippen LogP contribution in [0.3, 0.4) is 0 Å². The number of hydrogen-bond donors (Lipinski definition) is 0. The van der Waals surface area contributed by atoms with Crippen molar-refractivity contribution in [1.82, 2.24) is 9.97 Å². The lowest BCUT2D eigenvalue weighted by Crippen LogP contribution is -2.21. The van der Waals surface area contributed by atoms with E-state index in [-0.39, 0.29) is 0 Å². The minimum Gasteiger partial charge on any atom is -0.340 e. The van der Waals surface area contributed by atoms with Crippen LogP contribution >= 0.6 is 11.6 Å². The zero-order valence-corrected chi connectivity index (χ0v) is 9.25. The van der Waals surface area contributed by atoms with E-state index in [4.69, 9.17) is 11.6 Å². The van der Waals surface area contributed by atoms with Gasteiger partial charge in [-0.05, 0) is 25.3 Å². The summed E-state index contributed by atoms with van der Waals surface area (Å²) in [7, 11) is 0. The fourth-order valence-electron chi connectivity index (χ4n) is 1.77. The third-order valence-corrected chi connectivity index (χ3v) is 2.71. The highest BCUT2D eigenvalue weighted by Crippen LogP contribution is 2.21. The molecule has 0 saturated carbocycles. The maximum absolute atomic E-state index is 5.89. The summed E-state index contributed by atoms with van der Waals surface area (Å²) in [6.45, 7) is 6.27. The molecule has 1 atom stereocenters. The lowest BCUT2D eigenvalue weighted by atomic mass is 10.2. The zero-order chi connectivity index (χ0) is 10.1. The SMILES string of the molecule is Cc1cc(Cl)nc(N2CCC(C)C2)n1. The molecule has 0 bridgehead atoms. The predicted molar refractivity (Wildman–Crippen MR) is 57.8 cm³/mol. The predicted octanol–water partition coefficient (Wildman–Crippen LogP) is 2.28. The summed E-state index contributed by atoms with van der Waals surface area (Å²) in [5, 5.41) is 0.534. The van der Waals surface area contributed by atoms with E-state index in [0.717, 1.165) is 30.6 Å². The van der Waals surface area contributed by atoms with Gasteiger partial charge in [-0.1, -0.05) is 18.5 Å². The van der Waals surface area contributed by atoms with Gasteiger partial charge in [-0.25, -0.2) is 9.97 Å². The second-order valence-corrected chi connectivity index (χ2v) is 4.36. The first-order valence-electron chi connectivity index (χ1n) is 4.91. The Morgan fingerprint density at radius 3 is 2.86 bits per heavy atom. The van der Waals surface area contributed by atoms with Gasteiger partial charge < -0.3 is 4.90 Å². The Morgan fingerprint density at radius 1 is 1.50 bits per heavy atom. The molecule has 0 aliphatic carbocycles. The normalized spacial score (nSPS) is 21.6. The second kappa shape index (κ2) is 3.73. The molecular formula is C10H14ClN3. The first kappa shape index (κ1) is 9.71. The van der Waals surface area contributed by atoms with Crippen LogP contribution in [0.15, 0.2) is 6.07 Å². The third kappa shape index (κ3) is 1.98. The maximum atomic E-state index is 5.89. The van der Waals surface area contributed by atoms with Crippen LogP contribution in [0.25, 0.3) is 0 Å². The van der Waals surface area contributed by atoms with Gasteiger partial charge in [0, 0.05) is 18.8 Å². The third-order valence-electron chi connectivity index (χ3n) is 2.52. The number of hydrogen-bond acceptors (Lipinski definition) is 3. The van der Waals surface area contributed by atoms with Gasteiger partial charge in [0.2, 0.25) is 5.95 Å². The Bertz CT molecular complexity index is 320. The van der Waals surface area contributed by atoms with Crippen molar-refractivity contribution in [2.45, 2.75) is 20.3 Å². The van der Waals surface area contributed by atoms with Crippen molar-refractivity contribution in [3.05, 3.63) is 16.9 Å². The van der Waals surface area contributed by atoms with E-state index in [1.807, 2.05) is 6.92 Å². The van der Waals surface area contributed by atoms with Gasteiger partial charge in [0.15, 0.2) is 0 Å². The molecule has 2 heterocycles. The van der Waals surface area contributed by atoms with Gasteiger partial charge in [-0.3, -0.25) is 0 Å². The van der Waals surface area contributed by atoms with Crippen LogP contribution in [0.1, 0.15) is 19.0 Å². The Kier molecular flexibility index (Phi) is 2.59. The Morgan fingerprint density at radius 2 is 2.29 bits per heavy atom. The van der Waals surface area contributed by atoms with Gasteiger partial charge in [0.05, 0.1) is 0 Å². The molecule has 1 unspecified atom stereocenters. The molecule has 1 aliphatic heterocycles. The van der Waals surface area contributed by atoms with E-state index in [1.54, 1.807) is 6.07 Å². The van der Waals surface area contributed by atoms with Crippen LogP contribution in [0, 0.1) is 12.8 Å². The average Bonchev–Trinajstić information content (AvgIpc) is 2.50. The van der Waals surface area contributed by atoms with Crippen LogP contribution in [0.2, 0.25) is 5.15 Å². The highest BCUT2D eigenvalue weighted by molar-refractivity contribution is 6.29. The van der Waals surface area contributed by atoms with Gasteiger partial charge in [0.1, 0.15) is 5.15 Å². The van der Waals surface area contributed by atoms with Crippen LogP contribution in [-0.2, 0) is 0 Å². The van der Waals surface area contributed by atoms with Gasteiger partial charge in [-0.15, -0.1) is 0 Å². The molecular weight excluding hydrogens is 198 g/mol. The van der Waals surface area contributed by atoms with Crippen molar-refractivity contribution in [2.24, 2.45) is 5.92 Å². The number of aryl methyl sites for hydroxylation is 1. The summed E-state index contributed by atoms with van der Waals surface area (Å²) in [4.78, 5) is 10.8. The van der Waals surface area contributed by atoms with Crippen molar-refractivity contribution in [1.29, 1.82) is 0 Å². The number of aromatic nitrogens is 2. The average molecular weight is 212 g/mol. The van der Waals surface area contributed by atoms with Gasteiger partial charge in [0.25, 0.3) is 0 Å². The topological polar surface area (TPSA) is 29.0 Å². The molecule has 1 aromatic rings. The minimum atomic E-state index is 0.534. The summed E-state index contributed by atoms with van der Waals surface area (Å²) in [6, 6.07) is 1.78. The van der Waals surface area contributed by atoms with E-state index < -0.39 is 0 Å². The molecule has 2 rings (SSSR count). The van der Waals surface area contributed by atoms with Crippen molar-refractivity contribution >= 4 is 17.5 Å². The quantitative estimate of drug-likeness (QED) is 0.668.